The van der Waals surface area contributed by atoms with E-state index in [1.54, 1.807) is 0 Å². The fourth-order valence-electron chi connectivity index (χ4n) is 3.86. The van der Waals surface area contributed by atoms with E-state index in [-0.39, 0.29) is 11.2 Å². The van der Waals surface area contributed by atoms with E-state index in [2.05, 4.69) is 77.9 Å². The number of benzene rings is 2. The Labute approximate surface area is 139 Å². The fraction of sp³-hybridized carbons (Fsp3) is 0.400. The summed E-state index contributed by atoms with van der Waals surface area (Å²) in [5.41, 5.74) is 4.44. The van der Waals surface area contributed by atoms with Gasteiger partial charge in [-0.3, -0.25) is 0 Å². The molecule has 0 saturated carbocycles. The first kappa shape index (κ1) is 15.3. The molecule has 0 radical (unpaired) electrons. The monoisotopic (exact) mass is 327 g/mol. The third-order valence-corrected chi connectivity index (χ3v) is 8.42. The van der Waals surface area contributed by atoms with Crippen molar-refractivity contribution in [2.45, 2.75) is 52.7 Å². The molecule has 0 saturated heterocycles. The highest BCUT2D eigenvalue weighted by Gasteiger charge is 2.68. The van der Waals surface area contributed by atoms with Gasteiger partial charge in [-0.25, -0.2) is 0 Å². The zero-order chi connectivity index (χ0) is 16.6. The molecule has 0 amide bonds. The van der Waals surface area contributed by atoms with Crippen molar-refractivity contribution < 1.29 is 9.05 Å². The van der Waals surface area contributed by atoms with E-state index in [9.17, 15) is 0 Å². The second-order valence-electron chi connectivity index (χ2n) is 7.80. The molecule has 1 spiro atoms. The molecule has 0 atom stereocenters. The Bertz CT molecular complexity index is 751. The maximum absolute atomic E-state index is 6.71. The predicted octanol–water partition coefficient (Wildman–Crippen LogP) is 4.63. The summed E-state index contributed by atoms with van der Waals surface area (Å²) in [6, 6.07) is 13.3. The van der Waals surface area contributed by atoms with E-state index in [1.807, 2.05) is 0 Å². The van der Waals surface area contributed by atoms with Crippen molar-refractivity contribution in [1.29, 1.82) is 0 Å². The second-order valence-corrected chi connectivity index (χ2v) is 10.2. The molecule has 2 aliphatic rings. The molecule has 0 N–H and O–H groups in total. The number of hydrogen-bond donors (Lipinski definition) is 0. The number of hydrogen-bond acceptors (Lipinski definition) is 2. The van der Waals surface area contributed by atoms with Gasteiger partial charge in [-0.15, -0.1) is 0 Å². The number of rotatable bonds is 0. The van der Waals surface area contributed by atoms with Crippen molar-refractivity contribution >= 4 is 18.3 Å². The summed E-state index contributed by atoms with van der Waals surface area (Å²) in [7, 11) is -2.26. The van der Waals surface area contributed by atoms with Crippen LogP contribution in [0.1, 0.15) is 49.9 Å². The first-order chi connectivity index (χ1) is 10.7. The molecule has 2 aromatic carbocycles. The van der Waals surface area contributed by atoms with Gasteiger partial charge >= 0.3 is 7.72 Å². The molecular formula is C20H24O2P+. The van der Waals surface area contributed by atoms with Gasteiger partial charge < -0.3 is 0 Å². The fourth-order valence-corrected chi connectivity index (χ4v) is 7.88. The van der Waals surface area contributed by atoms with Gasteiger partial charge in [0.2, 0.25) is 0 Å². The molecule has 3 heteroatoms. The van der Waals surface area contributed by atoms with Crippen LogP contribution < -0.4 is 10.6 Å². The van der Waals surface area contributed by atoms with E-state index >= 15 is 0 Å². The molecule has 2 nitrogen and oxygen atoms in total. The van der Waals surface area contributed by atoms with Gasteiger partial charge in [-0.2, -0.15) is 9.05 Å². The highest BCUT2D eigenvalue weighted by Crippen LogP contribution is 2.74. The van der Waals surface area contributed by atoms with Crippen LogP contribution in [0.2, 0.25) is 0 Å². The average Bonchev–Trinajstić information content (AvgIpc) is 2.79. The van der Waals surface area contributed by atoms with Crippen LogP contribution in [0, 0.1) is 13.8 Å². The van der Waals surface area contributed by atoms with Crippen molar-refractivity contribution in [1.82, 2.24) is 0 Å². The number of fused-ring (bicyclic) bond motifs is 4. The van der Waals surface area contributed by atoms with Crippen molar-refractivity contribution in [3.63, 3.8) is 0 Å². The Morgan fingerprint density at radius 2 is 1.09 bits per heavy atom. The smallest absolute Gasteiger partial charge is 0.185 e. The first-order valence-electron chi connectivity index (χ1n) is 8.20. The van der Waals surface area contributed by atoms with Crippen LogP contribution in [0.3, 0.4) is 0 Å². The molecular weight excluding hydrogens is 303 g/mol. The van der Waals surface area contributed by atoms with E-state index in [0.29, 0.717) is 0 Å². The van der Waals surface area contributed by atoms with Gasteiger partial charge in [0.15, 0.2) is 10.6 Å². The molecule has 0 unspecified atom stereocenters. The average molecular weight is 327 g/mol. The van der Waals surface area contributed by atoms with E-state index in [4.69, 9.17) is 9.05 Å². The Morgan fingerprint density at radius 3 is 1.48 bits per heavy atom. The van der Waals surface area contributed by atoms with Gasteiger partial charge in [0.05, 0.1) is 0 Å². The van der Waals surface area contributed by atoms with E-state index in [1.165, 1.54) is 32.9 Å². The summed E-state index contributed by atoms with van der Waals surface area (Å²) < 4.78 is 13.4. The highest BCUT2D eigenvalue weighted by atomic mass is 31.2. The zero-order valence-corrected chi connectivity index (χ0v) is 15.6. The van der Waals surface area contributed by atoms with Crippen LogP contribution in [-0.2, 0) is 20.2 Å². The topological polar surface area (TPSA) is 18.5 Å². The van der Waals surface area contributed by atoms with Crippen LogP contribution in [0.15, 0.2) is 36.4 Å². The van der Waals surface area contributed by atoms with Gasteiger partial charge in [0.25, 0.3) is 0 Å². The normalized spacial score (nSPS) is 22.2. The van der Waals surface area contributed by atoms with Gasteiger partial charge in [0.1, 0.15) is 11.2 Å². The summed E-state index contributed by atoms with van der Waals surface area (Å²) in [6.45, 7) is 12.9. The van der Waals surface area contributed by atoms with Crippen LogP contribution in [0.5, 0.6) is 0 Å². The van der Waals surface area contributed by atoms with Crippen molar-refractivity contribution in [2.24, 2.45) is 0 Å². The third kappa shape index (κ3) is 1.99. The van der Waals surface area contributed by atoms with Crippen LogP contribution >= 0.6 is 7.72 Å². The standard InChI is InChI=1S/C20H24O2P/c1-13-7-9-17-15(11-13)19(3,4)21-23(17)18-10-8-14(2)12-16(18)20(5,6)22-23/h7-12H,1-6H3/q+1. The Hall–Kier alpha value is -1.21. The molecule has 0 fully saturated rings. The molecule has 0 aliphatic carbocycles. The minimum absolute atomic E-state index is 0.322. The summed E-state index contributed by atoms with van der Waals surface area (Å²) in [5, 5.41) is 2.51. The molecule has 0 bridgehead atoms. The summed E-state index contributed by atoms with van der Waals surface area (Å²) in [6.07, 6.45) is 0. The molecule has 120 valence electrons. The molecule has 2 heterocycles. The lowest BCUT2D eigenvalue weighted by Gasteiger charge is -2.21. The van der Waals surface area contributed by atoms with Gasteiger partial charge in [0, 0.05) is 11.1 Å². The van der Waals surface area contributed by atoms with Crippen molar-refractivity contribution in [3.05, 3.63) is 58.7 Å². The van der Waals surface area contributed by atoms with Gasteiger partial charge in [-0.05, 0) is 65.8 Å². The maximum atomic E-state index is 6.71. The minimum atomic E-state index is -2.26. The lowest BCUT2D eigenvalue weighted by molar-refractivity contribution is 0.0669. The maximum Gasteiger partial charge on any atom is 0.342 e. The number of aryl methyl sites for hydroxylation is 2. The SMILES string of the molecule is Cc1ccc2c(c1)C(C)(C)O[P+]21OC(C)(C)c2cc(C)ccc21. The zero-order valence-electron chi connectivity index (χ0n) is 14.7. The molecule has 2 aromatic rings. The lowest BCUT2D eigenvalue weighted by atomic mass is 9.97. The lowest BCUT2D eigenvalue weighted by Crippen LogP contribution is -2.19. The first-order valence-corrected chi connectivity index (χ1v) is 9.82. The van der Waals surface area contributed by atoms with Crippen molar-refractivity contribution in [2.75, 3.05) is 0 Å². The van der Waals surface area contributed by atoms with Crippen LogP contribution in [-0.4, -0.2) is 0 Å². The van der Waals surface area contributed by atoms with E-state index < -0.39 is 7.72 Å². The van der Waals surface area contributed by atoms with Crippen molar-refractivity contribution in [3.8, 4) is 0 Å². The Balaban J connectivity index is 2.03. The largest absolute Gasteiger partial charge is 0.342 e. The Kier molecular flexibility index (Phi) is 2.96. The third-order valence-electron chi connectivity index (χ3n) is 4.95. The molecule has 23 heavy (non-hydrogen) atoms. The molecule has 0 aromatic heterocycles. The summed E-state index contributed by atoms with van der Waals surface area (Å²) in [5.74, 6) is 0. The quantitative estimate of drug-likeness (QED) is 0.657. The Morgan fingerprint density at radius 1 is 0.696 bits per heavy atom. The van der Waals surface area contributed by atoms with Gasteiger partial charge in [-0.1, -0.05) is 23.3 Å². The summed E-state index contributed by atoms with van der Waals surface area (Å²) in [4.78, 5) is 0. The van der Waals surface area contributed by atoms with Crippen LogP contribution in [0.4, 0.5) is 0 Å². The molecule has 4 rings (SSSR count). The van der Waals surface area contributed by atoms with E-state index in [0.717, 1.165) is 0 Å². The highest BCUT2D eigenvalue weighted by molar-refractivity contribution is 7.82. The second kappa shape index (κ2) is 4.45. The predicted molar refractivity (Wildman–Crippen MR) is 96.8 cm³/mol. The minimum Gasteiger partial charge on any atom is -0.185 e. The molecule has 2 aliphatic heterocycles. The summed E-state index contributed by atoms with van der Waals surface area (Å²) >= 11 is 0. The van der Waals surface area contributed by atoms with Crippen LogP contribution in [0.25, 0.3) is 0 Å².